The molecular formula is C14H24N6O7. The summed E-state index contributed by atoms with van der Waals surface area (Å²) in [6.45, 7) is 0.861. The van der Waals surface area contributed by atoms with Crippen molar-refractivity contribution < 1.29 is 34.2 Å². The molecule has 0 aliphatic carbocycles. The summed E-state index contributed by atoms with van der Waals surface area (Å²) in [5.41, 5.74) is 10.4. The highest BCUT2D eigenvalue weighted by Gasteiger charge is 2.24. The van der Waals surface area contributed by atoms with Crippen LogP contribution in [0, 0.1) is 0 Å². The first kappa shape index (κ1) is 23.6. The molecule has 0 aromatic heterocycles. The Morgan fingerprint density at radius 3 is 2.15 bits per heavy atom. The number of carboxylic acids is 2. The van der Waals surface area contributed by atoms with E-state index >= 15 is 0 Å². The largest absolute Gasteiger partial charge is 0.481 e. The van der Waals surface area contributed by atoms with Crippen LogP contribution in [0.5, 0.6) is 0 Å². The van der Waals surface area contributed by atoms with Crippen molar-refractivity contribution in [3.05, 3.63) is 0 Å². The summed E-state index contributed by atoms with van der Waals surface area (Å²) in [6, 6.07) is -2.57. The molecule has 0 saturated heterocycles. The molecular weight excluding hydrogens is 364 g/mol. The fourth-order valence-corrected chi connectivity index (χ4v) is 1.93. The van der Waals surface area contributed by atoms with Crippen LogP contribution in [-0.2, 0) is 24.0 Å². The fourth-order valence-electron chi connectivity index (χ4n) is 1.93. The average molecular weight is 388 g/mol. The monoisotopic (exact) mass is 388 g/mol. The third-order valence-electron chi connectivity index (χ3n) is 3.07. The van der Waals surface area contributed by atoms with Gasteiger partial charge in [0, 0.05) is 13.5 Å². The minimum atomic E-state index is -1.63. The number of amides is 3. The number of hydrogen-bond acceptors (Lipinski definition) is 6. The van der Waals surface area contributed by atoms with E-state index in [0.717, 1.165) is 0 Å². The summed E-state index contributed by atoms with van der Waals surface area (Å²) in [4.78, 5) is 60.2. The summed E-state index contributed by atoms with van der Waals surface area (Å²) in [5, 5.41) is 24.1. The van der Waals surface area contributed by atoms with Crippen LogP contribution in [0.1, 0.15) is 26.2 Å². The van der Waals surface area contributed by atoms with Crippen molar-refractivity contribution in [1.82, 2.24) is 16.0 Å². The second-order valence-corrected chi connectivity index (χ2v) is 5.48. The van der Waals surface area contributed by atoms with Gasteiger partial charge >= 0.3 is 11.9 Å². The molecule has 0 aliphatic heterocycles. The van der Waals surface area contributed by atoms with Gasteiger partial charge in [-0.25, -0.2) is 4.79 Å². The normalized spacial score (nSPS) is 12.2. The number of nitrogens with zero attached hydrogens (tertiary/aromatic N) is 1. The standard InChI is InChI=1S/C14H24N6O7/c1-7(21)19-8(3-2-4-17-14(15)16)12(25)18-6-10(22)20-9(13(26)27)5-11(23)24/h8-9H,2-6H2,1H3,(H,18,25)(H,19,21)(H,20,22)(H,23,24)(H,26,27)(H4,15,16,17). The summed E-state index contributed by atoms with van der Waals surface area (Å²) >= 11 is 0. The first-order valence-electron chi connectivity index (χ1n) is 7.87. The second-order valence-electron chi connectivity index (χ2n) is 5.48. The molecule has 2 atom stereocenters. The number of carbonyl (C=O) groups is 5. The Kier molecular flexibility index (Phi) is 10.5. The van der Waals surface area contributed by atoms with E-state index in [1.165, 1.54) is 6.92 Å². The summed E-state index contributed by atoms with van der Waals surface area (Å²) < 4.78 is 0. The number of nitrogens with two attached hydrogens (primary N) is 2. The zero-order chi connectivity index (χ0) is 21.0. The maximum Gasteiger partial charge on any atom is 0.326 e. The molecule has 0 spiro atoms. The molecule has 13 nitrogen and oxygen atoms in total. The predicted molar refractivity (Wildman–Crippen MR) is 92.3 cm³/mol. The predicted octanol–water partition coefficient (Wildman–Crippen LogP) is -3.29. The van der Waals surface area contributed by atoms with Crippen molar-refractivity contribution >= 4 is 35.6 Å². The zero-order valence-corrected chi connectivity index (χ0v) is 14.7. The molecule has 0 radical (unpaired) electrons. The van der Waals surface area contributed by atoms with Gasteiger partial charge < -0.3 is 37.6 Å². The van der Waals surface area contributed by atoms with Crippen LogP contribution in [0.25, 0.3) is 0 Å². The van der Waals surface area contributed by atoms with Crippen LogP contribution < -0.4 is 27.4 Å². The Hall–Kier alpha value is -3.38. The number of carbonyl (C=O) groups excluding carboxylic acids is 3. The topological polar surface area (TPSA) is 226 Å². The van der Waals surface area contributed by atoms with Gasteiger partial charge in [-0.1, -0.05) is 0 Å². The number of carboxylic acid groups (broad SMARTS) is 2. The molecule has 0 aliphatic rings. The van der Waals surface area contributed by atoms with Gasteiger partial charge in [0.2, 0.25) is 17.7 Å². The van der Waals surface area contributed by atoms with E-state index in [1.807, 2.05) is 5.32 Å². The van der Waals surface area contributed by atoms with Crippen molar-refractivity contribution in [2.45, 2.75) is 38.3 Å². The molecule has 0 heterocycles. The highest BCUT2D eigenvalue weighted by molar-refractivity contribution is 5.92. The van der Waals surface area contributed by atoms with E-state index in [-0.39, 0.29) is 18.9 Å². The van der Waals surface area contributed by atoms with E-state index < -0.39 is 54.7 Å². The summed E-state index contributed by atoms with van der Waals surface area (Å²) in [7, 11) is 0. The number of nitrogens with one attached hydrogen (secondary N) is 3. The number of guanidine groups is 1. The summed E-state index contributed by atoms with van der Waals surface area (Å²) in [5.74, 6) is -5.06. The van der Waals surface area contributed by atoms with Crippen molar-refractivity contribution in [2.75, 3.05) is 13.1 Å². The SMILES string of the molecule is CC(=O)NC(CCCN=C(N)N)C(=O)NCC(=O)NC(CC(=O)O)C(=O)O. The van der Waals surface area contributed by atoms with E-state index in [4.69, 9.17) is 21.7 Å². The van der Waals surface area contributed by atoms with Gasteiger partial charge in [0.1, 0.15) is 12.1 Å². The van der Waals surface area contributed by atoms with Crippen LogP contribution in [0.15, 0.2) is 4.99 Å². The fraction of sp³-hybridized carbons (Fsp3) is 0.571. The Balaban J connectivity index is 4.61. The lowest BCUT2D eigenvalue weighted by Gasteiger charge is -2.18. The first-order valence-corrected chi connectivity index (χ1v) is 7.87. The molecule has 0 aromatic carbocycles. The van der Waals surface area contributed by atoms with E-state index in [0.29, 0.717) is 6.42 Å². The first-order chi connectivity index (χ1) is 12.5. The van der Waals surface area contributed by atoms with Gasteiger partial charge in [-0.2, -0.15) is 0 Å². The number of rotatable bonds is 12. The van der Waals surface area contributed by atoms with Crippen LogP contribution in [-0.4, -0.2) is 71.0 Å². The molecule has 2 unspecified atom stereocenters. The molecule has 0 rings (SSSR count). The molecule has 27 heavy (non-hydrogen) atoms. The highest BCUT2D eigenvalue weighted by atomic mass is 16.4. The quantitative estimate of drug-likeness (QED) is 0.101. The minimum Gasteiger partial charge on any atom is -0.481 e. The molecule has 0 bridgehead atoms. The third-order valence-corrected chi connectivity index (χ3v) is 3.07. The molecule has 152 valence electrons. The van der Waals surface area contributed by atoms with Gasteiger partial charge in [-0.15, -0.1) is 0 Å². The average Bonchev–Trinajstić information content (AvgIpc) is 2.53. The van der Waals surface area contributed by atoms with Crippen molar-refractivity contribution in [3.63, 3.8) is 0 Å². The smallest absolute Gasteiger partial charge is 0.326 e. The molecule has 0 saturated carbocycles. The molecule has 13 heteroatoms. The number of hydrogen-bond donors (Lipinski definition) is 7. The lowest BCUT2D eigenvalue weighted by Crippen LogP contribution is -2.50. The third kappa shape index (κ3) is 11.7. The Morgan fingerprint density at radius 2 is 1.67 bits per heavy atom. The van der Waals surface area contributed by atoms with Crippen LogP contribution in [0.2, 0.25) is 0 Å². The number of aliphatic imine (C=N–C) groups is 1. The minimum absolute atomic E-state index is 0.110. The van der Waals surface area contributed by atoms with E-state index in [9.17, 15) is 24.0 Å². The highest BCUT2D eigenvalue weighted by Crippen LogP contribution is 1.99. The van der Waals surface area contributed by atoms with Crippen molar-refractivity contribution in [1.29, 1.82) is 0 Å². The van der Waals surface area contributed by atoms with Gasteiger partial charge in [0.05, 0.1) is 13.0 Å². The van der Waals surface area contributed by atoms with E-state index in [2.05, 4.69) is 15.6 Å². The van der Waals surface area contributed by atoms with Crippen LogP contribution in [0.4, 0.5) is 0 Å². The van der Waals surface area contributed by atoms with E-state index in [1.54, 1.807) is 0 Å². The maximum atomic E-state index is 12.1. The van der Waals surface area contributed by atoms with Crippen LogP contribution in [0.3, 0.4) is 0 Å². The van der Waals surface area contributed by atoms with Crippen LogP contribution >= 0.6 is 0 Å². The zero-order valence-electron chi connectivity index (χ0n) is 14.7. The van der Waals surface area contributed by atoms with Gasteiger partial charge in [0.15, 0.2) is 5.96 Å². The van der Waals surface area contributed by atoms with Crippen molar-refractivity contribution in [3.8, 4) is 0 Å². The Morgan fingerprint density at radius 1 is 1.04 bits per heavy atom. The summed E-state index contributed by atoms with van der Waals surface area (Å²) in [6.07, 6.45) is -0.239. The lowest BCUT2D eigenvalue weighted by atomic mass is 10.1. The Bertz CT molecular complexity index is 603. The second kappa shape index (κ2) is 12.1. The van der Waals surface area contributed by atoms with Crippen molar-refractivity contribution in [2.24, 2.45) is 16.5 Å². The van der Waals surface area contributed by atoms with Gasteiger partial charge in [0.25, 0.3) is 0 Å². The Labute approximate surface area is 154 Å². The molecule has 0 fully saturated rings. The van der Waals surface area contributed by atoms with Gasteiger partial charge in [-0.05, 0) is 12.8 Å². The lowest BCUT2D eigenvalue weighted by molar-refractivity contribution is -0.147. The molecule has 0 aromatic rings. The molecule has 9 N–H and O–H groups in total. The molecule has 3 amide bonds. The maximum absolute atomic E-state index is 12.1. The number of aliphatic carboxylic acids is 2. The van der Waals surface area contributed by atoms with Gasteiger partial charge in [-0.3, -0.25) is 24.2 Å².